The third kappa shape index (κ3) is 3.13. The van der Waals surface area contributed by atoms with E-state index in [4.69, 9.17) is 14.9 Å². The van der Waals surface area contributed by atoms with Crippen LogP contribution in [0.1, 0.15) is 21.5 Å². The van der Waals surface area contributed by atoms with E-state index in [-0.39, 0.29) is 19.0 Å². The molecule has 0 fully saturated rings. The largest absolute Gasteiger partial charge is 0.488 e. The summed E-state index contributed by atoms with van der Waals surface area (Å²) in [4.78, 5) is 11.0. The van der Waals surface area contributed by atoms with Gasteiger partial charge in [-0.25, -0.2) is 9.18 Å². The molecule has 2 rings (SSSR count). The van der Waals surface area contributed by atoms with Crippen LogP contribution in [0, 0.1) is 5.82 Å². The van der Waals surface area contributed by atoms with Crippen molar-refractivity contribution in [2.24, 2.45) is 0 Å². The van der Waals surface area contributed by atoms with Gasteiger partial charge >= 0.3 is 5.97 Å². The van der Waals surface area contributed by atoms with Gasteiger partial charge in [-0.2, -0.15) is 0 Å². The quantitative estimate of drug-likeness (QED) is 0.881. The Hall–Kier alpha value is -2.40. The lowest BCUT2D eigenvalue weighted by atomic mass is 10.1. The fourth-order valence-electron chi connectivity index (χ4n) is 1.73. The monoisotopic (exact) mass is 276 g/mol. The normalized spacial score (nSPS) is 10.3. The minimum Gasteiger partial charge on any atom is -0.488 e. The van der Waals surface area contributed by atoms with E-state index in [1.54, 1.807) is 24.3 Å². The Kier molecular flexibility index (Phi) is 4.32. The predicted molar refractivity (Wildman–Crippen MR) is 70.1 cm³/mol. The SMILES string of the molecule is O=C(O)c1c(F)cccc1OCc1ccc(CO)cc1. The first-order chi connectivity index (χ1) is 9.61. The molecule has 0 radical (unpaired) electrons. The van der Waals surface area contributed by atoms with E-state index >= 15 is 0 Å². The van der Waals surface area contributed by atoms with E-state index in [9.17, 15) is 9.18 Å². The first-order valence-corrected chi connectivity index (χ1v) is 5.95. The lowest BCUT2D eigenvalue weighted by Gasteiger charge is -2.10. The van der Waals surface area contributed by atoms with E-state index in [1.807, 2.05) is 0 Å². The predicted octanol–water partition coefficient (Wildman–Crippen LogP) is 2.60. The Balaban J connectivity index is 2.14. The number of carboxylic acid groups (broad SMARTS) is 1. The molecular formula is C15H13FO4. The zero-order chi connectivity index (χ0) is 14.5. The molecule has 104 valence electrons. The number of benzene rings is 2. The molecule has 0 atom stereocenters. The number of aliphatic hydroxyl groups excluding tert-OH is 1. The molecule has 0 aliphatic rings. The van der Waals surface area contributed by atoms with Gasteiger partial charge in [-0.3, -0.25) is 0 Å². The standard InChI is InChI=1S/C15H13FO4/c16-12-2-1-3-13(14(12)15(18)19)20-9-11-6-4-10(8-17)5-7-11/h1-7,17H,8-9H2,(H,18,19). The van der Waals surface area contributed by atoms with Crippen molar-refractivity contribution in [2.45, 2.75) is 13.2 Å². The summed E-state index contributed by atoms with van der Waals surface area (Å²) in [6.45, 7) is 0.0731. The first-order valence-electron chi connectivity index (χ1n) is 5.95. The van der Waals surface area contributed by atoms with Crippen molar-refractivity contribution in [1.82, 2.24) is 0 Å². The molecule has 0 unspecified atom stereocenters. The second-order valence-electron chi connectivity index (χ2n) is 4.18. The van der Waals surface area contributed by atoms with Crippen LogP contribution < -0.4 is 4.74 Å². The van der Waals surface area contributed by atoms with Crippen molar-refractivity contribution in [2.75, 3.05) is 0 Å². The average molecular weight is 276 g/mol. The molecule has 5 heteroatoms. The Morgan fingerprint density at radius 1 is 1.10 bits per heavy atom. The maximum atomic E-state index is 13.4. The van der Waals surface area contributed by atoms with Crippen LogP contribution in [0.2, 0.25) is 0 Å². The summed E-state index contributed by atoms with van der Waals surface area (Å²) in [5.74, 6) is -2.21. The van der Waals surface area contributed by atoms with Gasteiger partial charge < -0.3 is 14.9 Å². The zero-order valence-corrected chi connectivity index (χ0v) is 10.5. The van der Waals surface area contributed by atoms with E-state index in [1.165, 1.54) is 12.1 Å². The molecule has 2 aromatic rings. The number of carboxylic acids is 1. The van der Waals surface area contributed by atoms with Crippen LogP contribution in [0.3, 0.4) is 0 Å². The molecule has 4 nitrogen and oxygen atoms in total. The average Bonchev–Trinajstić information content (AvgIpc) is 2.45. The molecule has 0 aliphatic heterocycles. The summed E-state index contributed by atoms with van der Waals surface area (Å²) in [6.07, 6.45) is 0. The molecule has 0 aromatic heterocycles. The number of halogens is 1. The van der Waals surface area contributed by atoms with E-state index in [2.05, 4.69) is 0 Å². The third-order valence-electron chi connectivity index (χ3n) is 2.79. The molecule has 0 saturated heterocycles. The van der Waals surface area contributed by atoms with Crippen molar-refractivity contribution in [3.05, 3.63) is 65.0 Å². The Morgan fingerprint density at radius 3 is 2.35 bits per heavy atom. The van der Waals surface area contributed by atoms with Crippen molar-refractivity contribution < 1.29 is 24.1 Å². The van der Waals surface area contributed by atoms with Crippen LogP contribution in [-0.4, -0.2) is 16.2 Å². The molecule has 0 saturated carbocycles. The molecule has 20 heavy (non-hydrogen) atoms. The van der Waals surface area contributed by atoms with Crippen molar-refractivity contribution >= 4 is 5.97 Å². The lowest BCUT2D eigenvalue weighted by molar-refractivity contribution is 0.0686. The molecule has 0 amide bonds. The highest BCUT2D eigenvalue weighted by Crippen LogP contribution is 2.22. The summed E-state index contributed by atoms with van der Waals surface area (Å²) in [5.41, 5.74) is 1.09. The summed E-state index contributed by atoms with van der Waals surface area (Å²) in [7, 11) is 0. The lowest BCUT2D eigenvalue weighted by Crippen LogP contribution is -2.06. The second kappa shape index (κ2) is 6.16. The highest BCUT2D eigenvalue weighted by molar-refractivity contribution is 5.91. The van der Waals surface area contributed by atoms with Crippen molar-refractivity contribution in [3.63, 3.8) is 0 Å². The smallest absolute Gasteiger partial charge is 0.342 e. The maximum Gasteiger partial charge on any atom is 0.342 e. The molecule has 0 bridgehead atoms. The number of carbonyl (C=O) groups is 1. The number of aliphatic hydroxyl groups is 1. The van der Waals surface area contributed by atoms with Crippen LogP contribution in [0.4, 0.5) is 4.39 Å². The number of hydrogen-bond donors (Lipinski definition) is 2. The maximum absolute atomic E-state index is 13.4. The molecule has 0 aliphatic carbocycles. The van der Waals surface area contributed by atoms with Crippen molar-refractivity contribution in [1.29, 1.82) is 0 Å². The molecular weight excluding hydrogens is 263 g/mol. The summed E-state index contributed by atoms with van der Waals surface area (Å²) in [5, 5.41) is 17.9. The van der Waals surface area contributed by atoms with Gasteiger partial charge in [0.25, 0.3) is 0 Å². The molecule has 2 N–H and O–H groups in total. The van der Waals surface area contributed by atoms with Crippen LogP contribution in [0.15, 0.2) is 42.5 Å². The Morgan fingerprint density at radius 2 is 1.75 bits per heavy atom. The van der Waals surface area contributed by atoms with Crippen LogP contribution in [0.25, 0.3) is 0 Å². The highest BCUT2D eigenvalue weighted by Gasteiger charge is 2.16. The number of hydrogen-bond acceptors (Lipinski definition) is 3. The highest BCUT2D eigenvalue weighted by atomic mass is 19.1. The fourth-order valence-corrected chi connectivity index (χ4v) is 1.73. The van der Waals surface area contributed by atoms with Gasteiger partial charge in [-0.15, -0.1) is 0 Å². The van der Waals surface area contributed by atoms with Gasteiger partial charge in [0.2, 0.25) is 0 Å². The third-order valence-corrected chi connectivity index (χ3v) is 2.79. The Bertz CT molecular complexity index is 608. The van der Waals surface area contributed by atoms with Gasteiger partial charge in [-0.05, 0) is 23.3 Å². The number of rotatable bonds is 5. The summed E-state index contributed by atoms with van der Waals surface area (Å²) in [6, 6.07) is 10.9. The van der Waals surface area contributed by atoms with E-state index in [0.29, 0.717) is 0 Å². The van der Waals surface area contributed by atoms with Crippen LogP contribution in [-0.2, 0) is 13.2 Å². The van der Waals surface area contributed by atoms with E-state index in [0.717, 1.165) is 17.2 Å². The minimum absolute atomic E-state index is 0.0104. The molecule has 2 aromatic carbocycles. The van der Waals surface area contributed by atoms with Crippen LogP contribution in [0.5, 0.6) is 5.75 Å². The molecule has 0 heterocycles. The summed E-state index contributed by atoms with van der Waals surface area (Å²) < 4.78 is 18.8. The van der Waals surface area contributed by atoms with Gasteiger partial charge in [0, 0.05) is 0 Å². The molecule has 0 spiro atoms. The Labute approximate surface area is 115 Å². The first kappa shape index (κ1) is 14.0. The number of ether oxygens (including phenoxy) is 1. The van der Waals surface area contributed by atoms with Gasteiger partial charge in [0.1, 0.15) is 23.7 Å². The minimum atomic E-state index is -1.37. The van der Waals surface area contributed by atoms with Gasteiger partial charge in [-0.1, -0.05) is 30.3 Å². The number of aromatic carboxylic acids is 1. The van der Waals surface area contributed by atoms with Gasteiger partial charge in [0.15, 0.2) is 0 Å². The summed E-state index contributed by atoms with van der Waals surface area (Å²) >= 11 is 0. The second-order valence-corrected chi connectivity index (χ2v) is 4.18. The van der Waals surface area contributed by atoms with Gasteiger partial charge in [0.05, 0.1) is 6.61 Å². The van der Waals surface area contributed by atoms with Crippen molar-refractivity contribution in [3.8, 4) is 5.75 Å². The van der Waals surface area contributed by atoms with Crippen LogP contribution >= 0.6 is 0 Å². The zero-order valence-electron chi connectivity index (χ0n) is 10.5. The van der Waals surface area contributed by atoms with E-state index < -0.39 is 17.3 Å². The topological polar surface area (TPSA) is 66.8 Å². The fraction of sp³-hybridized carbons (Fsp3) is 0.133.